The molecule has 80 valence electrons. The fourth-order valence-electron chi connectivity index (χ4n) is 1.54. The lowest BCUT2D eigenvalue weighted by Gasteiger charge is -2.19. The van der Waals surface area contributed by atoms with Crippen LogP contribution in [0.4, 0.5) is 0 Å². The van der Waals surface area contributed by atoms with Crippen LogP contribution in [0.3, 0.4) is 0 Å². The third-order valence-electron chi connectivity index (χ3n) is 2.44. The van der Waals surface area contributed by atoms with E-state index in [1.165, 1.54) is 0 Å². The van der Waals surface area contributed by atoms with Crippen LogP contribution in [0.5, 0.6) is 0 Å². The SMILES string of the molecule is CC(C)COC(=O)C1CCC(=O)CC1. The van der Waals surface area contributed by atoms with Crippen LogP contribution in [0.15, 0.2) is 0 Å². The Morgan fingerprint density at radius 3 is 2.50 bits per heavy atom. The number of carbonyl (C=O) groups is 2. The van der Waals surface area contributed by atoms with Crippen LogP contribution in [0, 0.1) is 11.8 Å². The summed E-state index contributed by atoms with van der Waals surface area (Å²) in [5.41, 5.74) is 0. The second-order valence-corrected chi connectivity index (χ2v) is 4.34. The van der Waals surface area contributed by atoms with Crippen LogP contribution in [0.2, 0.25) is 0 Å². The van der Waals surface area contributed by atoms with Crippen molar-refractivity contribution in [2.75, 3.05) is 6.61 Å². The van der Waals surface area contributed by atoms with Gasteiger partial charge in [0, 0.05) is 12.8 Å². The van der Waals surface area contributed by atoms with Gasteiger partial charge >= 0.3 is 5.97 Å². The minimum Gasteiger partial charge on any atom is -0.465 e. The third-order valence-corrected chi connectivity index (χ3v) is 2.44. The molecular weight excluding hydrogens is 180 g/mol. The highest BCUT2D eigenvalue weighted by Gasteiger charge is 2.25. The van der Waals surface area contributed by atoms with Crippen molar-refractivity contribution >= 4 is 11.8 Å². The standard InChI is InChI=1S/C11H18O3/c1-8(2)7-14-11(13)9-3-5-10(12)6-4-9/h8-9H,3-7H2,1-2H3. The Kier molecular flexibility index (Phi) is 4.11. The van der Waals surface area contributed by atoms with Gasteiger partial charge in [0.05, 0.1) is 12.5 Å². The van der Waals surface area contributed by atoms with E-state index in [4.69, 9.17) is 4.74 Å². The van der Waals surface area contributed by atoms with Gasteiger partial charge in [0.15, 0.2) is 0 Å². The first-order chi connectivity index (χ1) is 6.59. The number of ether oxygens (including phenoxy) is 1. The van der Waals surface area contributed by atoms with E-state index in [1.807, 2.05) is 13.8 Å². The topological polar surface area (TPSA) is 43.4 Å². The molecule has 3 nitrogen and oxygen atoms in total. The van der Waals surface area contributed by atoms with Gasteiger partial charge in [0.2, 0.25) is 0 Å². The molecule has 0 amide bonds. The quantitative estimate of drug-likeness (QED) is 0.651. The summed E-state index contributed by atoms with van der Waals surface area (Å²) in [5, 5.41) is 0. The van der Waals surface area contributed by atoms with Crippen molar-refractivity contribution in [2.45, 2.75) is 39.5 Å². The number of hydrogen-bond donors (Lipinski definition) is 0. The summed E-state index contributed by atoms with van der Waals surface area (Å²) >= 11 is 0. The second-order valence-electron chi connectivity index (χ2n) is 4.34. The zero-order chi connectivity index (χ0) is 10.6. The number of Topliss-reactive ketones (excluding diaryl/α,β-unsaturated/α-hetero) is 1. The molecule has 0 saturated heterocycles. The largest absolute Gasteiger partial charge is 0.465 e. The van der Waals surface area contributed by atoms with E-state index in [0.29, 0.717) is 38.2 Å². The molecule has 1 aliphatic carbocycles. The van der Waals surface area contributed by atoms with Gasteiger partial charge in [0.25, 0.3) is 0 Å². The molecule has 0 aromatic rings. The Hall–Kier alpha value is -0.860. The Morgan fingerprint density at radius 1 is 1.43 bits per heavy atom. The van der Waals surface area contributed by atoms with Crippen molar-refractivity contribution < 1.29 is 14.3 Å². The zero-order valence-electron chi connectivity index (χ0n) is 8.91. The lowest BCUT2D eigenvalue weighted by molar-refractivity contribution is -0.151. The number of carbonyl (C=O) groups excluding carboxylic acids is 2. The minimum atomic E-state index is -0.119. The number of hydrogen-bond acceptors (Lipinski definition) is 3. The Balaban J connectivity index is 2.27. The van der Waals surface area contributed by atoms with Gasteiger partial charge in [-0.2, -0.15) is 0 Å². The van der Waals surface area contributed by atoms with E-state index in [-0.39, 0.29) is 17.7 Å². The first-order valence-electron chi connectivity index (χ1n) is 5.28. The average molecular weight is 198 g/mol. The van der Waals surface area contributed by atoms with E-state index in [1.54, 1.807) is 0 Å². The van der Waals surface area contributed by atoms with E-state index in [0.717, 1.165) is 0 Å². The molecule has 0 heterocycles. The molecule has 1 aliphatic rings. The normalized spacial score (nSPS) is 18.6. The lowest BCUT2D eigenvalue weighted by atomic mass is 9.88. The summed E-state index contributed by atoms with van der Waals surface area (Å²) in [6.07, 6.45) is 2.44. The molecule has 0 N–H and O–H groups in total. The van der Waals surface area contributed by atoms with Gasteiger partial charge in [-0.3, -0.25) is 9.59 Å². The smallest absolute Gasteiger partial charge is 0.308 e. The summed E-state index contributed by atoms with van der Waals surface area (Å²) in [4.78, 5) is 22.4. The third kappa shape index (κ3) is 3.48. The Bertz CT molecular complexity index is 211. The Morgan fingerprint density at radius 2 is 2.00 bits per heavy atom. The molecule has 0 aromatic carbocycles. The molecule has 1 saturated carbocycles. The van der Waals surface area contributed by atoms with Crippen molar-refractivity contribution in [3.05, 3.63) is 0 Å². The number of esters is 1. The predicted molar refractivity (Wildman–Crippen MR) is 52.8 cm³/mol. The summed E-state index contributed by atoms with van der Waals surface area (Å²) in [6.45, 7) is 4.51. The maximum Gasteiger partial charge on any atom is 0.308 e. The van der Waals surface area contributed by atoms with Gasteiger partial charge in [0.1, 0.15) is 5.78 Å². The van der Waals surface area contributed by atoms with Crippen LogP contribution in [-0.4, -0.2) is 18.4 Å². The molecule has 0 radical (unpaired) electrons. The second kappa shape index (κ2) is 5.13. The minimum absolute atomic E-state index is 0.0357. The van der Waals surface area contributed by atoms with E-state index in [2.05, 4.69) is 0 Å². The lowest BCUT2D eigenvalue weighted by Crippen LogP contribution is -2.24. The van der Waals surface area contributed by atoms with Crippen LogP contribution in [0.25, 0.3) is 0 Å². The molecule has 0 atom stereocenters. The number of rotatable bonds is 3. The molecule has 1 rings (SSSR count). The number of ketones is 1. The fourth-order valence-corrected chi connectivity index (χ4v) is 1.54. The van der Waals surface area contributed by atoms with Crippen LogP contribution >= 0.6 is 0 Å². The highest BCUT2D eigenvalue weighted by atomic mass is 16.5. The summed E-state index contributed by atoms with van der Waals surface area (Å²) in [6, 6.07) is 0. The first kappa shape index (κ1) is 11.2. The van der Waals surface area contributed by atoms with E-state index >= 15 is 0 Å². The van der Waals surface area contributed by atoms with Gasteiger partial charge in [-0.15, -0.1) is 0 Å². The van der Waals surface area contributed by atoms with Gasteiger partial charge in [-0.1, -0.05) is 13.8 Å². The molecule has 0 aromatic heterocycles. The molecule has 0 bridgehead atoms. The fraction of sp³-hybridized carbons (Fsp3) is 0.818. The average Bonchev–Trinajstić information content (AvgIpc) is 2.15. The summed E-state index contributed by atoms with van der Waals surface area (Å²) < 4.78 is 5.13. The zero-order valence-corrected chi connectivity index (χ0v) is 8.91. The first-order valence-corrected chi connectivity index (χ1v) is 5.28. The van der Waals surface area contributed by atoms with Gasteiger partial charge < -0.3 is 4.74 Å². The van der Waals surface area contributed by atoms with Crippen LogP contribution in [-0.2, 0) is 14.3 Å². The molecule has 0 aliphatic heterocycles. The molecule has 0 unspecified atom stereocenters. The highest BCUT2D eigenvalue weighted by Crippen LogP contribution is 2.22. The van der Waals surface area contributed by atoms with Crippen molar-refractivity contribution in [1.82, 2.24) is 0 Å². The van der Waals surface area contributed by atoms with Crippen LogP contribution in [0.1, 0.15) is 39.5 Å². The molecule has 14 heavy (non-hydrogen) atoms. The van der Waals surface area contributed by atoms with Crippen molar-refractivity contribution in [1.29, 1.82) is 0 Å². The highest BCUT2D eigenvalue weighted by molar-refractivity contribution is 5.82. The maximum absolute atomic E-state index is 11.5. The summed E-state index contributed by atoms with van der Waals surface area (Å²) in [7, 11) is 0. The molecule has 0 spiro atoms. The predicted octanol–water partition coefficient (Wildman–Crippen LogP) is 1.94. The van der Waals surface area contributed by atoms with Crippen molar-refractivity contribution in [2.24, 2.45) is 11.8 Å². The maximum atomic E-state index is 11.5. The monoisotopic (exact) mass is 198 g/mol. The molecule has 3 heteroatoms. The van der Waals surface area contributed by atoms with E-state index in [9.17, 15) is 9.59 Å². The van der Waals surface area contributed by atoms with Gasteiger partial charge in [-0.25, -0.2) is 0 Å². The van der Waals surface area contributed by atoms with E-state index < -0.39 is 0 Å². The molecule has 1 fully saturated rings. The molecular formula is C11H18O3. The van der Waals surface area contributed by atoms with Crippen molar-refractivity contribution in [3.8, 4) is 0 Å². The van der Waals surface area contributed by atoms with Gasteiger partial charge in [-0.05, 0) is 18.8 Å². The van der Waals surface area contributed by atoms with Crippen LogP contribution < -0.4 is 0 Å². The Labute approximate surface area is 84.8 Å². The van der Waals surface area contributed by atoms with Crippen molar-refractivity contribution in [3.63, 3.8) is 0 Å². The summed E-state index contributed by atoms with van der Waals surface area (Å²) in [5.74, 6) is 0.500.